The smallest absolute Gasteiger partial charge is 0.481 e. The summed E-state index contributed by atoms with van der Waals surface area (Å²) in [6.07, 6.45) is 7.28. The molecule has 45 heavy (non-hydrogen) atoms. The minimum atomic E-state index is -1.30. The molecule has 7 unspecified atom stereocenters. The Morgan fingerprint density at radius 2 is 1.80 bits per heavy atom. The van der Waals surface area contributed by atoms with Crippen LogP contribution in [0.25, 0.3) is 0 Å². The van der Waals surface area contributed by atoms with Crippen molar-refractivity contribution >= 4 is 17.9 Å². The van der Waals surface area contributed by atoms with Crippen molar-refractivity contribution in [2.24, 2.45) is 52.8 Å². The van der Waals surface area contributed by atoms with Gasteiger partial charge in [-0.15, -0.1) is 0 Å². The van der Waals surface area contributed by atoms with E-state index in [9.17, 15) is 24.6 Å². The van der Waals surface area contributed by atoms with Crippen molar-refractivity contribution in [2.75, 3.05) is 32.9 Å². The molecule has 0 aromatic carbocycles. The van der Waals surface area contributed by atoms with Crippen LogP contribution in [0, 0.1) is 52.8 Å². The number of carboxylic acid groups (broad SMARTS) is 2. The fourth-order valence-electron chi connectivity index (χ4n) is 10.6. The number of aliphatic carboxylic acids is 1. The maximum atomic E-state index is 14.0. The van der Waals surface area contributed by atoms with Crippen molar-refractivity contribution in [3.8, 4) is 0 Å². The number of nitrogens with zero attached hydrogens (tertiary/aromatic N) is 1. The summed E-state index contributed by atoms with van der Waals surface area (Å²) >= 11 is 0. The lowest BCUT2D eigenvalue weighted by Crippen LogP contribution is -2.64. The van der Waals surface area contributed by atoms with E-state index in [1.165, 1.54) is 0 Å². The van der Waals surface area contributed by atoms with E-state index in [4.69, 9.17) is 14.2 Å². The highest BCUT2D eigenvalue weighted by atomic mass is 16.7. The second-order valence-corrected chi connectivity index (χ2v) is 15.2. The van der Waals surface area contributed by atoms with Crippen LogP contribution in [0.5, 0.6) is 0 Å². The summed E-state index contributed by atoms with van der Waals surface area (Å²) in [5.41, 5.74) is 0.572. The van der Waals surface area contributed by atoms with E-state index >= 15 is 0 Å². The molecule has 9 heteroatoms. The van der Waals surface area contributed by atoms with Crippen LogP contribution in [0.15, 0.2) is 11.6 Å². The molecule has 2 N–H and O–H groups in total. The summed E-state index contributed by atoms with van der Waals surface area (Å²) in [5.74, 6) is -1.39. The number of ketones is 1. The number of carbonyl (C=O) groups excluding carboxylic acids is 1. The number of hydrogen-bond acceptors (Lipinski definition) is 7. The molecule has 3 saturated carbocycles. The molecule has 2 bridgehead atoms. The lowest BCUT2D eigenvalue weighted by Gasteiger charge is -2.62. The number of fused-ring (bicyclic) bond motifs is 3. The standard InChI is InChI=1S/C36H57NO8/c1-6-13-37(14-7-2)23(8-3)18-44-33-26-19-43-20-36(17-30(33)45-35(41)42)27(26)12-11-24-25-10-9-22(15-21(4)5)31(34(39)40)32(25)29(38)16-28(24)36/h16,21-27,30-33H,6-15,17-20H2,1-5H3,(H,39,40)(H,41,42)/t22?,23?,24?,25?,26?,27?,30-,31-,32?,33-,36-/m1/s1. The van der Waals surface area contributed by atoms with Crippen LogP contribution < -0.4 is 0 Å². The fraction of sp³-hybridized carbons (Fsp3) is 0.861. The fourth-order valence-corrected chi connectivity index (χ4v) is 10.6. The van der Waals surface area contributed by atoms with Gasteiger partial charge >= 0.3 is 12.1 Å². The third-order valence-corrected chi connectivity index (χ3v) is 12.2. The third-order valence-electron chi connectivity index (χ3n) is 12.2. The molecule has 254 valence electrons. The Hall–Kier alpha value is -1.97. The number of carbonyl (C=O) groups is 3. The van der Waals surface area contributed by atoms with Gasteiger partial charge in [-0.3, -0.25) is 14.5 Å². The van der Waals surface area contributed by atoms with Gasteiger partial charge in [0.2, 0.25) is 0 Å². The van der Waals surface area contributed by atoms with E-state index in [1.54, 1.807) is 6.08 Å². The zero-order valence-corrected chi connectivity index (χ0v) is 28.1. The zero-order valence-electron chi connectivity index (χ0n) is 28.1. The molecule has 1 aliphatic heterocycles. The molecule has 4 aliphatic carbocycles. The minimum absolute atomic E-state index is 0.000967. The molecule has 1 heterocycles. The Morgan fingerprint density at radius 3 is 2.42 bits per heavy atom. The Kier molecular flexibility index (Phi) is 11.0. The molecule has 0 radical (unpaired) electrons. The Morgan fingerprint density at radius 1 is 1.07 bits per heavy atom. The number of allylic oxidation sites excluding steroid dienone is 1. The van der Waals surface area contributed by atoms with E-state index in [-0.39, 0.29) is 41.4 Å². The van der Waals surface area contributed by atoms with Gasteiger partial charge in [-0.2, -0.15) is 0 Å². The molecule has 9 nitrogen and oxygen atoms in total. The van der Waals surface area contributed by atoms with Gasteiger partial charge in [-0.05, 0) is 107 Å². The van der Waals surface area contributed by atoms with Crippen molar-refractivity contribution in [2.45, 2.75) is 111 Å². The lowest BCUT2D eigenvalue weighted by molar-refractivity contribution is -0.220. The maximum absolute atomic E-state index is 14.0. The summed E-state index contributed by atoms with van der Waals surface area (Å²) < 4.78 is 18.7. The van der Waals surface area contributed by atoms with Crippen molar-refractivity contribution < 1.29 is 38.8 Å². The van der Waals surface area contributed by atoms with Gasteiger partial charge < -0.3 is 24.4 Å². The first-order valence-corrected chi connectivity index (χ1v) is 17.9. The first-order valence-electron chi connectivity index (χ1n) is 17.9. The predicted octanol–water partition coefficient (Wildman–Crippen LogP) is 6.30. The summed E-state index contributed by atoms with van der Waals surface area (Å²) in [6.45, 7) is 14.2. The Bertz CT molecular complexity index is 1100. The van der Waals surface area contributed by atoms with E-state index in [0.717, 1.165) is 70.0 Å². The molecule has 11 atom stereocenters. The van der Waals surface area contributed by atoms with E-state index in [1.807, 2.05) is 0 Å². The van der Waals surface area contributed by atoms with Crippen LogP contribution in [0.2, 0.25) is 0 Å². The van der Waals surface area contributed by atoms with Crippen LogP contribution in [0.3, 0.4) is 0 Å². The molecule has 4 fully saturated rings. The Balaban J connectivity index is 1.44. The van der Waals surface area contributed by atoms with Gasteiger partial charge in [0.25, 0.3) is 0 Å². The Labute approximate surface area is 269 Å². The second kappa shape index (κ2) is 14.4. The first kappa shape index (κ1) is 34.4. The summed E-state index contributed by atoms with van der Waals surface area (Å²) in [4.78, 5) is 41.2. The average Bonchev–Trinajstić information content (AvgIpc) is 2.98. The minimum Gasteiger partial charge on any atom is -0.481 e. The van der Waals surface area contributed by atoms with Gasteiger partial charge in [0.1, 0.15) is 6.10 Å². The molecular weight excluding hydrogens is 574 g/mol. The number of rotatable bonds is 13. The van der Waals surface area contributed by atoms with Crippen molar-refractivity contribution in [3.05, 3.63) is 11.6 Å². The third kappa shape index (κ3) is 6.60. The van der Waals surface area contributed by atoms with E-state index in [0.29, 0.717) is 32.2 Å². The van der Waals surface area contributed by atoms with Gasteiger partial charge in [0, 0.05) is 23.3 Å². The quantitative estimate of drug-likeness (QED) is 0.226. The summed E-state index contributed by atoms with van der Waals surface area (Å²) in [7, 11) is 0. The lowest BCUT2D eigenvalue weighted by atomic mass is 9.45. The second-order valence-electron chi connectivity index (χ2n) is 15.2. The summed E-state index contributed by atoms with van der Waals surface area (Å²) in [6, 6.07) is 0.242. The molecule has 0 aromatic rings. The van der Waals surface area contributed by atoms with Crippen molar-refractivity contribution in [1.82, 2.24) is 4.90 Å². The van der Waals surface area contributed by atoms with Crippen LogP contribution in [-0.2, 0) is 23.8 Å². The number of ether oxygens (including phenoxy) is 3. The van der Waals surface area contributed by atoms with Crippen molar-refractivity contribution in [3.63, 3.8) is 0 Å². The normalized spacial score (nSPS) is 38.2. The molecule has 0 spiro atoms. The van der Waals surface area contributed by atoms with Gasteiger partial charge in [-0.1, -0.05) is 40.2 Å². The molecule has 1 saturated heterocycles. The van der Waals surface area contributed by atoms with Gasteiger partial charge in [0.05, 0.1) is 31.8 Å². The largest absolute Gasteiger partial charge is 0.506 e. The average molecular weight is 632 g/mol. The SMILES string of the molecule is CCCN(CCC)C(CC)CO[C@@H]1C2COC[C@@]3(C[C@H]1OC(=O)O)C1=CC(=O)C4C(CCC(CC(C)C)[C@H]4C(=O)O)C1CCC23. The molecule has 0 amide bonds. The zero-order chi connectivity index (χ0) is 32.5. The topological polar surface area (TPSA) is 123 Å². The monoisotopic (exact) mass is 631 g/mol. The van der Waals surface area contributed by atoms with Gasteiger partial charge in [-0.25, -0.2) is 4.79 Å². The predicted molar refractivity (Wildman–Crippen MR) is 170 cm³/mol. The number of carboxylic acids is 1. The maximum Gasteiger partial charge on any atom is 0.506 e. The van der Waals surface area contributed by atoms with Crippen LogP contribution in [-0.4, -0.2) is 84.2 Å². The van der Waals surface area contributed by atoms with E-state index in [2.05, 4.69) is 39.5 Å². The highest BCUT2D eigenvalue weighted by Gasteiger charge is 2.64. The van der Waals surface area contributed by atoms with Gasteiger partial charge in [0.15, 0.2) is 5.78 Å². The molecule has 5 aliphatic rings. The summed E-state index contributed by atoms with van der Waals surface area (Å²) in [5, 5.41) is 20.2. The highest BCUT2D eigenvalue weighted by Crippen LogP contribution is 2.64. The molecular formula is C36H57NO8. The molecule has 0 aromatic heterocycles. The van der Waals surface area contributed by atoms with Crippen LogP contribution in [0.4, 0.5) is 4.79 Å². The van der Waals surface area contributed by atoms with Crippen molar-refractivity contribution in [1.29, 1.82) is 0 Å². The number of hydrogen-bond donors (Lipinski definition) is 2. The highest BCUT2D eigenvalue weighted by molar-refractivity contribution is 5.97. The molecule has 5 rings (SSSR count). The van der Waals surface area contributed by atoms with Crippen LogP contribution >= 0.6 is 0 Å². The van der Waals surface area contributed by atoms with E-state index < -0.39 is 41.6 Å². The van der Waals surface area contributed by atoms with Crippen LogP contribution in [0.1, 0.15) is 92.4 Å². The first-order chi connectivity index (χ1) is 21.6.